The van der Waals surface area contributed by atoms with Crippen LogP contribution in [0, 0.1) is 11.3 Å². The third-order valence-electron chi connectivity index (χ3n) is 4.64. The SMILES string of the molecule is CCN1CCN(c2ccc(Cl)cc2NS(=O)(=O)c2cccc(C#N)c2)CC1. The molecule has 1 N–H and O–H groups in total. The molecule has 0 radical (unpaired) electrons. The Labute approximate surface area is 165 Å². The lowest BCUT2D eigenvalue weighted by molar-refractivity contribution is 0.271. The van der Waals surface area contributed by atoms with Crippen LogP contribution in [-0.4, -0.2) is 46.0 Å². The lowest BCUT2D eigenvalue weighted by atomic mass is 10.2. The zero-order valence-corrected chi connectivity index (χ0v) is 16.6. The summed E-state index contributed by atoms with van der Waals surface area (Å²) in [6.07, 6.45) is 0. The van der Waals surface area contributed by atoms with Crippen molar-refractivity contribution in [1.82, 2.24) is 4.90 Å². The predicted molar refractivity (Wildman–Crippen MR) is 108 cm³/mol. The van der Waals surface area contributed by atoms with Crippen LogP contribution < -0.4 is 9.62 Å². The summed E-state index contributed by atoms with van der Waals surface area (Å²) in [4.78, 5) is 4.55. The van der Waals surface area contributed by atoms with Gasteiger partial charge in [0, 0.05) is 31.2 Å². The summed E-state index contributed by atoms with van der Waals surface area (Å²) >= 11 is 6.12. The van der Waals surface area contributed by atoms with E-state index in [0.29, 0.717) is 16.3 Å². The normalized spacial score (nSPS) is 15.4. The number of benzene rings is 2. The van der Waals surface area contributed by atoms with E-state index >= 15 is 0 Å². The van der Waals surface area contributed by atoms with Crippen molar-refractivity contribution in [3.05, 3.63) is 53.1 Å². The molecule has 2 aromatic rings. The second kappa shape index (κ2) is 8.17. The van der Waals surface area contributed by atoms with E-state index in [1.54, 1.807) is 24.3 Å². The number of hydrogen-bond donors (Lipinski definition) is 1. The first kappa shape index (κ1) is 19.5. The molecular formula is C19H21ClN4O2S. The summed E-state index contributed by atoms with van der Waals surface area (Å²) in [6.45, 7) is 6.61. The number of halogens is 1. The molecule has 3 rings (SSSR count). The Morgan fingerprint density at radius 1 is 1.15 bits per heavy atom. The van der Waals surface area contributed by atoms with Crippen LogP contribution in [0.25, 0.3) is 0 Å². The summed E-state index contributed by atoms with van der Waals surface area (Å²) in [5.74, 6) is 0. The van der Waals surface area contributed by atoms with Gasteiger partial charge in [0.25, 0.3) is 10.0 Å². The first-order chi connectivity index (χ1) is 12.9. The van der Waals surface area contributed by atoms with E-state index in [1.165, 1.54) is 12.1 Å². The topological polar surface area (TPSA) is 76.4 Å². The van der Waals surface area contributed by atoms with Crippen LogP contribution in [0.4, 0.5) is 11.4 Å². The maximum atomic E-state index is 12.8. The van der Waals surface area contributed by atoms with Crippen molar-refractivity contribution in [2.24, 2.45) is 0 Å². The van der Waals surface area contributed by atoms with Crippen molar-refractivity contribution in [1.29, 1.82) is 5.26 Å². The quantitative estimate of drug-likeness (QED) is 0.828. The van der Waals surface area contributed by atoms with E-state index < -0.39 is 10.0 Å². The summed E-state index contributed by atoms with van der Waals surface area (Å²) < 4.78 is 28.3. The molecule has 27 heavy (non-hydrogen) atoms. The van der Waals surface area contributed by atoms with Gasteiger partial charge in [0.1, 0.15) is 0 Å². The van der Waals surface area contributed by atoms with Crippen LogP contribution in [0.3, 0.4) is 0 Å². The number of rotatable bonds is 5. The van der Waals surface area contributed by atoms with Crippen LogP contribution >= 0.6 is 11.6 Å². The molecule has 1 fully saturated rings. The van der Waals surface area contributed by atoms with Gasteiger partial charge in [0.05, 0.1) is 27.9 Å². The lowest BCUT2D eigenvalue weighted by Crippen LogP contribution is -2.46. The molecule has 6 nitrogen and oxygen atoms in total. The van der Waals surface area contributed by atoms with Crippen molar-refractivity contribution in [2.45, 2.75) is 11.8 Å². The molecule has 1 saturated heterocycles. The maximum Gasteiger partial charge on any atom is 0.262 e. The Balaban J connectivity index is 1.90. The van der Waals surface area contributed by atoms with Gasteiger partial charge in [-0.2, -0.15) is 5.26 Å². The fraction of sp³-hybridized carbons (Fsp3) is 0.316. The van der Waals surface area contributed by atoms with Crippen LogP contribution in [0.1, 0.15) is 12.5 Å². The molecule has 0 amide bonds. The molecule has 0 aromatic heterocycles. The number of nitrogens with one attached hydrogen (secondary N) is 1. The van der Waals surface area contributed by atoms with Gasteiger partial charge in [-0.3, -0.25) is 4.72 Å². The third kappa shape index (κ3) is 4.53. The van der Waals surface area contributed by atoms with Crippen LogP contribution in [-0.2, 0) is 10.0 Å². The van der Waals surface area contributed by atoms with Crippen LogP contribution in [0.2, 0.25) is 5.02 Å². The number of anilines is 2. The predicted octanol–water partition coefficient (Wildman–Crippen LogP) is 3.15. The zero-order chi connectivity index (χ0) is 19.4. The van der Waals surface area contributed by atoms with Gasteiger partial charge in [-0.15, -0.1) is 0 Å². The monoisotopic (exact) mass is 404 g/mol. The molecule has 0 atom stereocenters. The average Bonchev–Trinajstić information content (AvgIpc) is 2.68. The molecule has 0 saturated carbocycles. The third-order valence-corrected chi connectivity index (χ3v) is 6.23. The average molecular weight is 405 g/mol. The highest BCUT2D eigenvalue weighted by Crippen LogP contribution is 2.32. The van der Waals surface area contributed by atoms with Gasteiger partial charge in [0.2, 0.25) is 0 Å². The smallest absolute Gasteiger partial charge is 0.262 e. The number of likely N-dealkylation sites (N-methyl/N-ethyl adjacent to an activating group) is 1. The largest absolute Gasteiger partial charge is 0.367 e. The number of hydrogen-bond acceptors (Lipinski definition) is 5. The minimum Gasteiger partial charge on any atom is -0.367 e. The van der Waals surface area contributed by atoms with Gasteiger partial charge in [-0.05, 0) is 42.9 Å². The molecule has 2 aromatic carbocycles. The Bertz CT molecular complexity index is 964. The molecule has 0 bridgehead atoms. The van der Waals surface area contributed by atoms with Crippen molar-refractivity contribution < 1.29 is 8.42 Å². The van der Waals surface area contributed by atoms with Crippen molar-refractivity contribution >= 4 is 33.0 Å². The van der Waals surface area contributed by atoms with Gasteiger partial charge in [0.15, 0.2) is 0 Å². The molecule has 1 aliphatic heterocycles. The highest BCUT2D eigenvalue weighted by molar-refractivity contribution is 7.92. The van der Waals surface area contributed by atoms with E-state index in [2.05, 4.69) is 21.4 Å². The first-order valence-corrected chi connectivity index (χ1v) is 10.6. The Kier molecular flexibility index (Phi) is 5.90. The van der Waals surface area contributed by atoms with Crippen molar-refractivity contribution in [2.75, 3.05) is 42.3 Å². The van der Waals surface area contributed by atoms with E-state index in [4.69, 9.17) is 16.9 Å². The lowest BCUT2D eigenvalue weighted by Gasteiger charge is -2.36. The molecule has 0 aliphatic carbocycles. The van der Waals surface area contributed by atoms with E-state index in [9.17, 15) is 8.42 Å². The number of nitriles is 1. The maximum absolute atomic E-state index is 12.8. The van der Waals surface area contributed by atoms with E-state index in [0.717, 1.165) is 38.4 Å². The van der Waals surface area contributed by atoms with E-state index in [1.807, 2.05) is 12.1 Å². The van der Waals surface area contributed by atoms with Crippen LogP contribution in [0.15, 0.2) is 47.4 Å². The van der Waals surface area contributed by atoms with E-state index in [-0.39, 0.29) is 4.90 Å². The molecule has 8 heteroatoms. The molecule has 0 spiro atoms. The highest BCUT2D eigenvalue weighted by Gasteiger charge is 2.22. The molecule has 1 aliphatic rings. The molecular weight excluding hydrogens is 384 g/mol. The zero-order valence-electron chi connectivity index (χ0n) is 15.0. The fourth-order valence-corrected chi connectivity index (χ4v) is 4.39. The van der Waals surface area contributed by atoms with Gasteiger partial charge in [-0.25, -0.2) is 8.42 Å². The summed E-state index contributed by atoms with van der Waals surface area (Å²) in [5, 5.41) is 9.47. The Morgan fingerprint density at radius 2 is 1.89 bits per heavy atom. The standard InChI is InChI=1S/C19H21ClN4O2S/c1-2-23-8-10-24(11-9-23)19-7-6-16(20)13-18(19)22-27(25,26)17-5-3-4-15(12-17)14-21/h3-7,12-13,22H,2,8-11H2,1H3. The minimum absolute atomic E-state index is 0.0447. The van der Waals surface area contributed by atoms with Gasteiger partial charge >= 0.3 is 0 Å². The summed E-state index contributed by atoms with van der Waals surface area (Å²) in [5.41, 5.74) is 1.53. The van der Waals surface area contributed by atoms with Crippen molar-refractivity contribution in [3.8, 4) is 6.07 Å². The van der Waals surface area contributed by atoms with Gasteiger partial charge in [-0.1, -0.05) is 24.6 Å². The first-order valence-electron chi connectivity index (χ1n) is 8.73. The highest BCUT2D eigenvalue weighted by atomic mass is 35.5. The molecule has 1 heterocycles. The van der Waals surface area contributed by atoms with Gasteiger partial charge < -0.3 is 9.80 Å². The number of nitrogens with zero attached hydrogens (tertiary/aromatic N) is 3. The minimum atomic E-state index is -3.84. The summed E-state index contributed by atoms with van der Waals surface area (Å²) in [6, 6.07) is 13.1. The Morgan fingerprint density at radius 3 is 2.56 bits per heavy atom. The van der Waals surface area contributed by atoms with Crippen molar-refractivity contribution in [3.63, 3.8) is 0 Å². The molecule has 142 valence electrons. The Hall–Kier alpha value is -2.27. The second-order valence-electron chi connectivity index (χ2n) is 6.33. The number of piperazine rings is 1. The second-order valence-corrected chi connectivity index (χ2v) is 8.45. The fourth-order valence-electron chi connectivity index (χ4n) is 3.11. The number of sulfonamides is 1. The summed E-state index contributed by atoms with van der Waals surface area (Å²) in [7, 11) is -3.84. The molecule has 0 unspecified atom stereocenters. The van der Waals surface area contributed by atoms with Crippen LogP contribution in [0.5, 0.6) is 0 Å².